The lowest BCUT2D eigenvalue weighted by Crippen LogP contribution is -2.05. The number of imidazole rings is 1. The molecule has 1 fully saturated rings. The summed E-state index contributed by atoms with van der Waals surface area (Å²) in [7, 11) is 0. The zero-order chi connectivity index (χ0) is 15.1. The molecule has 0 amide bonds. The van der Waals surface area contributed by atoms with Gasteiger partial charge in [0.1, 0.15) is 5.82 Å². The maximum Gasteiger partial charge on any atom is 0.313 e. The highest BCUT2D eigenvalue weighted by Gasteiger charge is 2.33. The van der Waals surface area contributed by atoms with Crippen LogP contribution in [0.15, 0.2) is 17.3 Å². The molecule has 0 spiro atoms. The Balaban J connectivity index is 2.01. The number of rotatable bonds is 5. The third kappa shape index (κ3) is 3.01. The summed E-state index contributed by atoms with van der Waals surface area (Å²) in [4.78, 5) is 15.1. The van der Waals surface area contributed by atoms with Gasteiger partial charge in [0.2, 0.25) is 0 Å². The first-order valence-electron chi connectivity index (χ1n) is 6.65. The first-order valence-corrected chi connectivity index (χ1v) is 8.02. The second-order valence-corrected chi connectivity index (χ2v) is 6.77. The molecule has 1 aromatic carbocycles. The molecule has 0 aliphatic heterocycles. The lowest BCUT2D eigenvalue weighted by atomic mass is 10.3. The van der Waals surface area contributed by atoms with Crippen molar-refractivity contribution < 1.29 is 14.3 Å². The predicted molar refractivity (Wildman–Crippen MR) is 80.3 cm³/mol. The quantitative estimate of drug-likeness (QED) is 0.851. The first-order chi connectivity index (χ1) is 9.95. The van der Waals surface area contributed by atoms with E-state index in [9.17, 15) is 9.18 Å². The van der Waals surface area contributed by atoms with Crippen molar-refractivity contribution in [3.05, 3.63) is 23.0 Å². The number of aromatic nitrogens is 2. The van der Waals surface area contributed by atoms with Crippen LogP contribution >= 0.6 is 23.4 Å². The van der Waals surface area contributed by atoms with E-state index in [1.54, 1.807) is 6.07 Å². The van der Waals surface area contributed by atoms with Crippen molar-refractivity contribution >= 4 is 40.4 Å². The van der Waals surface area contributed by atoms with Crippen LogP contribution in [-0.2, 0) is 11.3 Å². The molecule has 0 radical (unpaired) electrons. The molecule has 2 aromatic rings. The fraction of sp³-hybridized carbons (Fsp3) is 0.429. The van der Waals surface area contributed by atoms with Gasteiger partial charge in [-0.2, -0.15) is 0 Å². The summed E-state index contributed by atoms with van der Waals surface area (Å²) in [6.07, 6.45) is 1.15. The summed E-state index contributed by atoms with van der Waals surface area (Å²) in [6, 6.07) is 2.87. The summed E-state index contributed by atoms with van der Waals surface area (Å²) < 4.78 is 15.5. The van der Waals surface area contributed by atoms with Gasteiger partial charge < -0.3 is 9.67 Å². The molecule has 2 unspecified atom stereocenters. The van der Waals surface area contributed by atoms with Crippen LogP contribution in [0.25, 0.3) is 11.0 Å². The van der Waals surface area contributed by atoms with Gasteiger partial charge in [0, 0.05) is 12.6 Å². The Kier molecular flexibility index (Phi) is 3.84. The van der Waals surface area contributed by atoms with E-state index in [1.807, 2.05) is 4.57 Å². The van der Waals surface area contributed by atoms with Crippen LogP contribution in [0.2, 0.25) is 5.02 Å². The number of carbonyl (C=O) groups is 1. The van der Waals surface area contributed by atoms with Gasteiger partial charge in [-0.05, 0) is 24.3 Å². The third-order valence-electron chi connectivity index (χ3n) is 3.77. The SMILES string of the molecule is CC1CC1Cn1c(SCC(=O)O)nc2cc(F)c(Cl)cc21. The molecular weight excluding hydrogens is 315 g/mol. The molecule has 112 valence electrons. The smallest absolute Gasteiger partial charge is 0.313 e. The molecule has 3 rings (SSSR count). The Bertz CT molecular complexity index is 719. The van der Waals surface area contributed by atoms with E-state index in [-0.39, 0.29) is 10.8 Å². The van der Waals surface area contributed by atoms with Gasteiger partial charge in [0.05, 0.1) is 21.8 Å². The van der Waals surface area contributed by atoms with Gasteiger partial charge in [-0.25, -0.2) is 9.37 Å². The number of aliphatic carboxylic acids is 1. The molecule has 1 saturated carbocycles. The Labute approximate surface area is 130 Å². The van der Waals surface area contributed by atoms with E-state index in [1.165, 1.54) is 6.07 Å². The van der Waals surface area contributed by atoms with E-state index in [0.29, 0.717) is 22.5 Å². The van der Waals surface area contributed by atoms with Crippen LogP contribution in [-0.4, -0.2) is 26.4 Å². The van der Waals surface area contributed by atoms with Crippen LogP contribution in [0.4, 0.5) is 4.39 Å². The Morgan fingerprint density at radius 3 is 2.95 bits per heavy atom. The van der Waals surface area contributed by atoms with Crippen molar-refractivity contribution in [3.8, 4) is 0 Å². The lowest BCUT2D eigenvalue weighted by molar-refractivity contribution is -0.133. The monoisotopic (exact) mass is 328 g/mol. The molecule has 4 nitrogen and oxygen atoms in total. The average Bonchev–Trinajstić information content (AvgIpc) is 3.01. The lowest BCUT2D eigenvalue weighted by Gasteiger charge is -2.08. The minimum absolute atomic E-state index is 0.0577. The standard InChI is InChI=1S/C14H14ClFN2O2S/c1-7-2-8(7)5-18-12-3-9(15)10(16)4-11(12)17-14(18)21-6-13(19)20/h3-4,7-8H,2,5-6H2,1H3,(H,19,20). The van der Waals surface area contributed by atoms with Crippen LogP contribution < -0.4 is 0 Å². The minimum atomic E-state index is -0.900. The number of carboxylic acid groups (broad SMARTS) is 1. The van der Waals surface area contributed by atoms with Gasteiger partial charge in [-0.15, -0.1) is 0 Å². The highest BCUT2D eigenvalue weighted by atomic mass is 35.5. The zero-order valence-electron chi connectivity index (χ0n) is 11.3. The largest absolute Gasteiger partial charge is 0.481 e. The summed E-state index contributed by atoms with van der Waals surface area (Å²) in [5.74, 6) is -0.253. The summed E-state index contributed by atoms with van der Waals surface area (Å²) in [5.41, 5.74) is 1.27. The molecule has 0 saturated heterocycles. The van der Waals surface area contributed by atoms with E-state index in [4.69, 9.17) is 16.7 Å². The Morgan fingerprint density at radius 2 is 2.33 bits per heavy atom. The molecule has 1 aromatic heterocycles. The van der Waals surface area contributed by atoms with E-state index in [0.717, 1.165) is 30.2 Å². The number of hydrogen-bond donors (Lipinski definition) is 1. The summed E-state index contributed by atoms with van der Waals surface area (Å²) in [5, 5.41) is 9.49. The molecular formula is C14H14ClFN2O2S. The van der Waals surface area contributed by atoms with Crippen molar-refractivity contribution in [2.75, 3.05) is 5.75 Å². The van der Waals surface area contributed by atoms with Crippen molar-refractivity contribution in [2.24, 2.45) is 11.8 Å². The fourth-order valence-corrected chi connectivity index (χ4v) is 3.30. The molecule has 21 heavy (non-hydrogen) atoms. The molecule has 1 N–H and O–H groups in total. The van der Waals surface area contributed by atoms with Gasteiger partial charge in [-0.1, -0.05) is 30.3 Å². The number of benzene rings is 1. The van der Waals surface area contributed by atoms with Crippen molar-refractivity contribution in [3.63, 3.8) is 0 Å². The molecule has 1 aliphatic carbocycles. The van der Waals surface area contributed by atoms with Gasteiger partial charge in [0.25, 0.3) is 0 Å². The average molecular weight is 329 g/mol. The van der Waals surface area contributed by atoms with Crippen LogP contribution in [0.3, 0.4) is 0 Å². The van der Waals surface area contributed by atoms with Crippen LogP contribution in [0, 0.1) is 17.7 Å². The number of halogens is 2. The maximum atomic E-state index is 13.6. The van der Waals surface area contributed by atoms with Gasteiger partial charge in [-0.3, -0.25) is 4.79 Å². The van der Waals surface area contributed by atoms with Crippen molar-refractivity contribution in [2.45, 2.75) is 25.0 Å². The fourth-order valence-electron chi connectivity index (χ4n) is 2.40. The third-order valence-corrected chi connectivity index (χ3v) is 5.02. The number of fused-ring (bicyclic) bond motifs is 1. The predicted octanol–water partition coefficient (Wildman–Crippen LogP) is 3.66. The van der Waals surface area contributed by atoms with Crippen molar-refractivity contribution in [1.29, 1.82) is 0 Å². The normalized spacial score (nSPS) is 20.9. The maximum absolute atomic E-state index is 13.6. The van der Waals surface area contributed by atoms with Crippen LogP contribution in [0.1, 0.15) is 13.3 Å². The number of nitrogens with zero attached hydrogens (tertiary/aromatic N) is 2. The number of hydrogen-bond acceptors (Lipinski definition) is 3. The molecule has 1 aliphatic rings. The second-order valence-electron chi connectivity index (χ2n) is 5.42. The molecule has 7 heteroatoms. The minimum Gasteiger partial charge on any atom is -0.481 e. The van der Waals surface area contributed by atoms with Gasteiger partial charge in [0.15, 0.2) is 5.16 Å². The number of thioether (sulfide) groups is 1. The highest BCUT2D eigenvalue weighted by Crippen LogP contribution is 2.41. The van der Waals surface area contributed by atoms with E-state index in [2.05, 4.69) is 11.9 Å². The van der Waals surface area contributed by atoms with E-state index < -0.39 is 11.8 Å². The zero-order valence-corrected chi connectivity index (χ0v) is 12.9. The van der Waals surface area contributed by atoms with E-state index >= 15 is 0 Å². The topological polar surface area (TPSA) is 55.1 Å². The number of carboxylic acids is 1. The highest BCUT2D eigenvalue weighted by molar-refractivity contribution is 7.99. The summed E-state index contributed by atoms with van der Waals surface area (Å²) >= 11 is 7.01. The molecule has 2 atom stereocenters. The van der Waals surface area contributed by atoms with Crippen LogP contribution in [0.5, 0.6) is 0 Å². The van der Waals surface area contributed by atoms with Crippen molar-refractivity contribution in [1.82, 2.24) is 9.55 Å². The first kappa shape index (κ1) is 14.7. The molecule has 1 heterocycles. The Morgan fingerprint density at radius 1 is 1.62 bits per heavy atom. The molecule has 0 bridgehead atoms. The second kappa shape index (κ2) is 5.50. The summed E-state index contributed by atoms with van der Waals surface area (Å²) in [6.45, 7) is 2.95. The Hall–Kier alpha value is -1.27. The van der Waals surface area contributed by atoms with Gasteiger partial charge >= 0.3 is 5.97 Å².